The van der Waals surface area contributed by atoms with Crippen molar-refractivity contribution in [3.63, 3.8) is 0 Å². The molecule has 0 aromatic heterocycles. The Morgan fingerprint density at radius 3 is 2.77 bits per heavy atom. The maximum absolute atomic E-state index is 10.2. The van der Waals surface area contributed by atoms with Crippen LogP contribution in [0.2, 0.25) is 5.02 Å². The highest BCUT2D eigenvalue weighted by molar-refractivity contribution is 6.30. The summed E-state index contributed by atoms with van der Waals surface area (Å²) < 4.78 is 5.13. The van der Waals surface area contributed by atoms with Crippen LogP contribution in [0.3, 0.4) is 0 Å². The topological polar surface area (TPSA) is 96.8 Å². The third kappa shape index (κ3) is 4.02. The summed E-state index contributed by atoms with van der Waals surface area (Å²) in [6.07, 6.45) is -1.12. The lowest BCUT2D eigenvalue weighted by molar-refractivity contribution is 0.130. The predicted molar refractivity (Wildman–Crippen MR) is 88.4 cm³/mol. The molecule has 0 amide bonds. The fourth-order valence-electron chi connectivity index (χ4n) is 1.96. The number of hydrazine groups is 1. The molecule has 118 valence electrons. The summed E-state index contributed by atoms with van der Waals surface area (Å²) in [6.45, 7) is 0.402. The number of nitrogens with zero attached hydrogens (tertiary/aromatic N) is 1. The van der Waals surface area contributed by atoms with Gasteiger partial charge in [-0.05, 0) is 29.8 Å². The summed E-state index contributed by atoms with van der Waals surface area (Å²) >= 11 is 5.92. The highest BCUT2D eigenvalue weighted by Gasteiger charge is 2.15. The summed E-state index contributed by atoms with van der Waals surface area (Å²) in [5.41, 5.74) is 7.71. The van der Waals surface area contributed by atoms with Crippen LogP contribution in [0.25, 0.3) is 0 Å². The van der Waals surface area contributed by atoms with E-state index < -0.39 is 6.35 Å². The number of halogens is 1. The second-order valence-corrected chi connectivity index (χ2v) is 5.15. The number of nitrogen functional groups attached to an aromatic ring is 1. The summed E-state index contributed by atoms with van der Waals surface area (Å²) in [5.74, 6) is 6.51. The molecule has 0 heterocycles. The van der Waals surface area contributed by atoms with Crippen LogP contribution in [0.4, 0.5) is 11.4 Å². The number of rotatable bonds is 6. The highest BCUT2D eigenvalue weighted by atomic mass is 35.5. The smallest absolute Gasteiger partial charge is 0.197 e. The Bertz CT molecular complexity index is 639. The molecule has 0 fully saturated rings. The standard InChI is InChI=1S/C15H19ClN4O2/c1-22-12-5-6-13(17)14(8-12)20(18)15(21)19-9-10-3-2-4-11(16)7-10/h2-8,15,19,21H,9,17-18H2,1H3. The lowest BCUT2D eigenvalue weighted by atomic mass is 10.2. The molecule has 0 aliphatic rings. The van der Waals surface area contributed by atoms with Gasteiger partial charge in [0.1, 0.15) is 5.75 Å². The predicted octanol–water partition coefficient (Wildman–Crippen LogP) is 1.68. The van der Waals surface area contributed by atoms with Gasteiger partial charge in [0.25, 0.3) is 0 Å². The molecule has 2 aromatic rings. The molecule has 0 radical (unpaired) electrons. The number of benzene rings is 2. The molecule has 0 aliphatic carbocycles. The zero-order chi connectivity index (χ0) is 16.1. The van der Waals surface area contributed by atoms with Crippen LogP contribution < -0.4 is 26.6 Å². The minimum absolute atomic E-state index is 0.402. The number of hydrogen-bond donors (Lipinski definition) is 4. The molecular formula is C15H19ClN4O2. The Labute approximate surface area is 134 Å². The number of aliphatic hydroxyl groups is 1. The molecule has 0 aliphatic heterocycles. The van der Waals surface area contributed by atoms with Crippen molar-refractivity contribution in [2.24, 2.45) is 5.84 Å². The Morgan fingerprint density at radius 1 is 1.32 bits per heavy atom. The molecule has 6 N–H and O–H groups in total. The Balaban J connectivity index is 2.04. The minimum Gasteiger partial charge on any atom is -0.497 e. The van der Waals surface area contributed by atoms with E-state index >= 15 is 0 Å². The molecule has 2 rings (SSSR count). The van der Waals surface area contributed by atoms with Gasteiger partial charge in [0.05, 0.1) is 18.5 Å². The Kier molecular flexibility index (Phi) is 5.46. The largest absolute Gasteiger partial charge is 0.497 e. The molecule has 0 bridgehead atoms. The minimum atomic E-state index is -1.12. The van der Waals surface area contributed by atoms with Crippen molar-refractivity contribution in [2.45, 2.75) is 12.9 Å². The van der Waals surface area contributed by atoms with Crippen LogP contribution in [-0.2, 0) is 6.54 Å². The van der Waals surface area contributed by atoms with Gasteiger partial charge in [0.2, 0.25) is 0 Å². The number of anilines is 2. The van der Waals surface area contributed by atoms with E-state index in [0.29, 0.717) is 28.7 Å². The van der Waals surface area contributed by atoms with Gasteiger partial charge in [-0.3, -0.25) is 10.3 Å². The first-order chi connectivity index (χ1) is 10.5. The molecule has 1 unspecified atom stereocenters. The SMILES string of the molecule is COc1ccc(N)c(N(N)C(O)NCc2cccc(Cl)c2)c1. The van der Waals surface area contributed by atoms with Crippen molar-refractivity contribution in [3.05, 3.63) is 53.1 Å². The quantitative estimate of drug-likeness (QED) is 0.280. The second kappa shape index (κ2) is 7.33. The summed E-state index contributed by atoms with van der Waals surface area (Å²) in [4.78, 5) is 0. The molecule has 2 aromatic carbocycles. The van der Waals surface area contributed by atoms with Crippen LogP contribution in [0.5, 0.6) is 5.75 Å². The lowest BCUT2D eigenvalue weighted by Crippen LogP contribution is -2.50. The fourth-order valence-corrected chi connectivity index (χ4v) is 2.17. The first-order valence-corrected chi connectivity index (χ1v) is 7.02. The average molecular weight is 323 g/mol. The second-order valence-electron chi connectivity index (χ2n) is 4.72. The monoisotopic (exact) mass is 322 g/mol. The molecule has 6 nitrogen and oxygen atoms in total. The van der Waals surface area contributed by atoms with Gasteiger partial charge >= 0.3 is 0 Å². The third-order valence-corrected chi connectivity index (χ3v) is 3.39. The van der Waals surface area contributed by atoms with E-state index in [4.69, 9.17) is 27.9 Å². The van der Waals surface area contributed by atoms with Crippen molar-refractivity contribution in [1.82, 2.24) is 5.32 Å². The number of aliphatic hydroxyl groups excluding tert-OH is 1. The summed E-state index contributed by atoms with van der Waals surface area (Å²) in [5, 5.41) is 14.8. The Morgan fingerprint density at radius 2 is 2.09 bits per heavy atom. The Hall–Kier alpha value is -1.99. The van der Waals surface area contributed by atoms with Crippen LogP contribution in [0.1, 0.15) is 5.56 Å². The summed E-state index contributed by atoms with van der Waals surface area (Å²) in [7, 11) is 1.55. The average Bonchev–Trinajstić information content (AvgIpc) is 2.52. The van der Waals surface area contributed by atoms with Crippen LogP contribution in [0.15, 0.2) is 42.5 Å². The number of methoxy groups -OCH3 is 1. The van der Waals surface area contributed by atoms with Crippen molar-refractivity contribution >= 4 is 23.0 Å². The maximum Gasteiger partial charge on any atom is 0.197 e. The van der Waals surface area contributed by atoms with Crippen molar-refractivity contribution in [3.8, 4) is 5.75 Å². The fraction of sp³-hybridized carbons (Fsp3) is 0.200. The van der Waals surface area contributed by atoms with Gasteiger partial charge in [0, 0.05) is 17.6 Å². The lowest BCUT2D eigenvalue weighted by Gasteiger charge is -2.27. The van der Waals surface area contributed by atoms with Crippen LogP contribution in [0, 0.1) is 0 Å². The van der Waals surface area contributed by atoms with E-state index in [9.17, 15) is 5.11 Å². The first-order valence-electron chi connectivity index (χ1n) is 6.64. The third-order valence-electron chi connectivity index (χ3n) is 3.16. The zero-order valence-electron chi connectivity index (χ0n) is 12.2. The van der Waals surface area contributed by atoms with E-state index in [1.807, 2.05) is 18.2 Å². The number of hydrogen-bond acceptors (Lipinski definition) is 6. The van der Waals surface area contributed by atoms with E-state index in [0.717, 1.165) is 10.6 Å². The molecule has 1 atom stereocenters. The van der Waals surface area contributed by atoms with Gasteiger partial charge in [0.15, 0.2) is 6.35 Å². The van der Waals surface area contributed by atoms with E-state index in [2.05, 4.69) is 5.32 Å². The van der Waals surface area contributed by atoms with Crippen LogP contribution in [-0.4, -0.2) is 18.6 Å². The van der Waals surface area contributed by atoms with Gasteiger partial charge in [-0.15, -0.1) is 0 Å². The van der Waals surface area contributed by atoms with Crippen molar-refractivity contribution in [1.29, 1.82) is 0 Å². The van der Waals surface area contributed by atoms with Gasteiger partial charge in [-0.1, -0.05) is 23.7 Å². The molecule has 0 saturated carbocycles. The number of ether oxygens (including phenoxy) is 1. The van der Waals surface area contributed by atoms with Gasteiger partial charge < -0.3 is 15.6 Å². The number of nitrogens with one attached hydrogen (secondary N) is 1. The molecule has 7 heteroatoms. The van der Waals surface area contributed by atoms with Crippen LogP contribution >= 0.6 is 11.6 Å². The summed E-state index contributed by atoms with van der Waals surface area (Å²) in [6, 6.07) is 12.4. The maximum atomic E-state index is 10.2. The first kappa shape index (κ1) is 16.4. The van der Waals surface area contributed by atoms with E-state index in [1.165, 1.54) is 0 Å². The molecule has 22 heavy (non-hydrogen) atoms. The molecule has 0 spiro atoms. The van der Waals surface area contributed by atoms with Gasteiger partial charge in [-0.25, -0.2) is 5.84 Å². The van der Waals surface area contributed by atoms with Gasteiger partial charge in [-0.2, -0.15) is 0 Å². The van der Waals surface area contributed by atoms with Crippen molar-refractivity contribution < 1.29 is 9.84 Å². The normalized spacial score (nSPS) is 12.0. The zero-order valence-corrected chi connectivity index (χ0v) is 12.9. The highest BCUT2D eigenvalue weighted by Crippen LogP contribution is 2.27. The van der Waals surface area contributed by atoms with E-state index in [1.54, 1.807) is 31.4 Å². The number of nitrogens with two attached hydrogens (primary N) is 2. The molecular weight excluding hydrogens is 304 g/mol. The molecule has 0 saturated heterocycles. The van der Waals surface area contributed by atoms with Crippen molar-refractivity contribution in [2.75, 3.05) is 17.9 Å². The van der Waals surface area contributed by atoms with E-state index in [-0.39, 0.29) is 0 Å².